The summed E-state index contributed by atoms with van der Waals surface area (Å²) in [6.45, 7) is 1.87. The molecule has 5 nitrogen and oxygen atoms in total. The topological polar surface area (TPSA) is 61.8 Å². The molecular formula is C18H28N2O3. The van der Waals surface area contributed by atoms with Crippen molar-refractivity contribution in [3.8, 4) is 0 Å². The molecule has 0 bridgehead atoms. The van der Waals surface area contributed by atoms with Gasteiger partial charge in [0.25, 0.3) is 0 Å². The molecule has 2 amide bonds. The number of aliphatic hydroxyl groups is 1. The summed E-state index contributed by atoms with van der Waals surface area (Å²) in [6, 6.07) is 9.44. The molecular weight excluding hydrogens is 292 g/mol. The summed E-state index contributed by atoms with van der Waals surface area (Å²) < 4.78 is 5.27. The van der Waals surface area contributed by atoms with E-state index in [1.54, 1.807) is 19.1 Å². The van der Waals surface area contributed by atoms with Gasteiger partial charge < -0.3 is 20.1 Å². The Morgan fingerprint density at radius 2 is 2.09 bits per heavy atom. The number of amides is 2. The molecule has 0 heterocycles. The van der Waals surface area contributed by atoms with E-state index >= 15 is 0 Å². The van der Waals surface area contributed by atoms with Crippen LogP contribution in [0, 0.1) is 5.41 Å². The lowest BCUT2D eigenvalue weighted by atomic mass is 9.69. The summed E-state index contributed by atoms with van der Waals surface area (Å²) in [4.78, 5) is 13.8. The number of carbonyl (C=O) groups excluding carboxylic acids is 1. The van der Waals surface area contributed by atoms with Crippen LogP contribution in [0.25, 0.3) is 0 Å². The summed E-state index contributed by atoms with van der Waals surface area (Å²) in [5.41, 5.74) is 1.00. The minimum atomic E-state index is -0.544. The van der Waals surface area contributed by atoms with E-state index in [-0.39, 0.29) is 11.4 Å². The number of nitrogens with one attached hydrogen (secondary N) is 1. The number of hydrogen-bond donors (Lipinski definition) is 2. The maximum atomic E-state index is 12.2. The van der Waals surface area contributed by atoms with Crippen molar-refractivity contribution in [3.05, 3.63) is 35.9 Å². The summed E-state index contributed by atoms with van der Waals surface area (Å²) >= 11 is 0. The van der Waals surface area contributed by atoms with Crippen LogP contribution < -0.4 is 5.32 Å². The van der Waals surface area contributed by atoms with Crippen LogP contribution in [0.3, 0.4) is 0 Å². The molecule has 1 atom stereocenters. The normalized spacial score (nSPS) is 17.2. The van der Waals surface area contributed by atoms with Crippen LogP contribution in [0.4, 0.5) is 4.79 Å². The molecule has 23 heavy (non-hydrogen) atoms. The smallest absolute Gasteiger partial charge is 0.317 e. The highest BCUT2D eigenvalue weighted by Crippen LogP contribution is 2.40. The van der Waals surface area contributed by atoms with Gasteiger partial charge in [0.1, 0.15) is 0 Å². The van der Waals surface area contributed by atoms with E-state index in [9.17, 15) is 9.90 Å². The van der Waals surface area contributed by atoms with E-state index < -0.39 is 6.10 Å². The summed E-state index contributed by atoms with van der Waals surface area (Å²) in [5.74, 6) is 0. The molecule has 1 aliphatic rings. The molecule has 0 unspecified atom stereocenters. The lowest BCUT2D eigenvalue weighted by molar-refractivity contribution is 0.0191. The quantitative estimate of drug-likeness (QED) is 0.774. The molecule has 0 aliphatic heterocycles. The van der Waals surface area contributed by atoms with Crippen molar-refractivity contribution < 1.29 is 14.6 Å². The zero-order chi connectivity index (χ0) is 16.7. The standard InChI is InChI=1S/C18H28N2O3/c1-20(12-9-16(21)15-7-4-3-5-8-15)17(22)19-13-18(14-23-2)10-6-11-18/h3-5,7-8,16,21H,6,9-14H2,1-2H3,(H,19,22)/t16-/m0/s1. The fraction of sp³-hybridized carbons (Fsp3) is 0.611. The third-order valence-corrected chi connectivity index (χ3v) is 4.75. The first-order valence-electron chi connectivity index (χ1n) is 8.27. The third-order valence-electron chi connectivity index (χ3n) is 4.75. The van der Waals surface area contributed by atoms with Gasteiger partial charge in [0.2, 0.25) is 0 Å². The SMILES string of the molecule is COCC1(CNC(=O)N(C)CC[C@H](O)c2ccccc2)CCC1. The van der Waals surface area contributed by atoms with Crippen molar-refractivity contribution in [2.45, 2.75) is 31.8 Å². The molecule has 128 valence electrons. The van der Waals surface area contributed by atoms with E-state index in [4.69, 9.17) is 4.74 Å². The second-order valence-corrected chi connectivity index (χ2v) is 6.58. The zero-order valence-corrected chi connectivity index (χ0v) is 14.1. The van der Waals surface area contributed by atoms with Gasteiger partial charge in [0.15, 0.2) is 0 Å². The van der Waals surface area contributed by atoms with E-state index in [0.29, 0.717) is 26.1 Å². The van der Waals surface area contributed by atoms with Crippen molar-refractivity contribution >= 4 is 6.03 Å². The Morgan fingerprint density at radius 3 is 2.65 bits per heavy atom. The Bertz CT molecular complexity index is 488. The summed E-state index contributed by atoms with van der Waals surface area (Å²) in [5, 5.41) is 13.2. The number of methoxy groups -OCH3 is 1. The van der Waals surface area contributed by atoms with Crippen molar-refractivity contribution in [2.75, 3.05) is 33.9 Å². The summed E-state index contributed by atoms with van der Waals surface area (Å²) in [7, 11) is 3.47. The molecule has 2 N–H and O–H groups in total. The summed E-state index contributed by atoms with van der Waals surface area (Å²) in [6.07, 6.45) is 3.41. The monoisotopic (exact) mass is 320 g/mol. The van der Waals surface area contributed by atoms with E-state index in [1.807, 2.05) is 30.3 Å². The van der Waals surface area contributed by atoms with Gasteiger partial charge >= 0.3 is 6.03 Å². The Morgan fingerprint density at radius 1 is 1.39 bits per heavy atom. The van der Waals surface area contributed by atoms with Gasteiger partial charge in [-0.3, -0.25) is 0 Å². The second kappa shape index (κ2) is 8.31. The van der Waals surface area contributed by atoms with Crippen molar-refractivity contribution in [1.29, 1.82) is 0 Å². The van der Waals surface area contributed by atoms with E-state index in [1.165, 1.54) is 6.42 Å². The lowest BCUT2D eigenvalue weighted by Gasteiger charge is -2.41. The highest BCUT2D eigenvalue weighted by Gasteiger charge is 2.37. The number of benzene rings is 1. The molecule has 0 aromatic heterocycles. The first-order chi connectivity index (χ1) is 11.1. The number of urea groups is 1. The van der Waals surface area contributed by atoms with Gasteiger partial charge in [-0.25, -0.2) is 4.79 Å². The largest absolute Gasteiger partial charge is 0.388 e. The molecule has 1 aliphatic carbocycles. The van der Waals surface area contributed by atoms with Gasteiger partial charge in [0.05, 0.1) is 12.7 Å². The van der Waals surface area contributed by atoms with Crippen LogP contribution in [0.15, 0.2) is 30.3 Å². The first-order valence-corrected chi connectivity index (χ1v) is 8.27. The molecule has 0 saturated heterocycles. The van der Waals surface area contributed by atoms with Crippen LogP contribution in [-0.2, 0) is 4.74 Å². The Labute approximate surface area is 138 Å². The molecule has 0 spiro atoms. The molecule has 5 heteroatoms. The predicted octanol–water partition coefficient (Wildman–Crippen LogP) is 2.57. The minimum Gasteiger partial charge on any atom is -0.388 e. The van der Waals surface area contributed by atoms with Crippen molar-refractivity contribution in [2.24, 2.45) is 5.41 Å². The van der Waals surface area contributed by atoms with Crippen molar-refractivity contribution in [1.82, 2.24) is 10.2 Å². The number of nitrogens with zero attached hydrogens (tertiary/aromatic N) is 1. The van der Waals surface area contributed by atoms with Crippen LogP contribution in [0.5, 0.6) is 0 Å². The zero-order valence-electron chi connectivity index (χ0n) is 14.1. The molecule has 2 rings (SSSR count). The minimum absolute atomic E-state index is 0.0901. The maximum Gasteiger partial charge on any atom is 0.317 e. The average Bonchev–Trinajstić information content (AvgIpc) is 2.55. The van der Waals surface area contributed by atoms with Gasteiger partial charge in [-0.15, -0.1) is 0 Å². The fourth-order valence-corrected chi connectivity index (χ4v) is 3.01. The van der Waals surface area contributed by atoms with Gasteiger partial charge in [-0.2, -0.15) is 0 Å². The number of rotatable bonds is 8. The Hall–Kier alpha value is -1.59. The Balaban J connectivity index is 1.72. The van der Waals surface area contributed by atoms with Crippen LogP contribution >= 0.6 is 0 Å². The first kappa shape index (κ1) is 17.8. The predicted molar refractivity (Wildman–Crippen MR) is 90.2 cm³/mol. The van der Waals surface area contributed by atoms with Gasteiger partial charge in [0, 0.05) is 32.7 Å². The van der Waals surface area contributed by atoms with Crippen LogP contribution in [0.2, 0.25) is 0 Å². The molecule has 1 aromatic carbocycles. The van der Waals surface area contributed by atoms with Gasteiger partial charge in [-0.05, 0) is 24.8 Å². The number of ether oxygens (including phenoxy) is 1. The number of carbonyl (C=O) groups is 1. The average molecular weight is 320 g/mol. The third kappa shape index (κ3) is 4.94. The maximum absolute atomic E-state index is 12.2. The van der Waals surface area contributed by atoms with E-state index in [2.05, 4.69) is 5.32 Å². The number of hydrogen-bond acceptors (Lipinski definition) is 3. The molecule has 1 aromatic rings. The van der Waals surface area contributed by atoms with Crippen LogP contribution in [0.1, 0.15) is 37.4 Å². The molecule has 0 radical (unpaired) electrons. The Kier molecular flexibility index (Phi) is 6.42. The number of aliphatic hydroxyl groups excluding tert-OH is 1. The highest BCUT2D eigenvalue weighted by atomic mass is 16.5. The lowest BCUT2D eigenvalue weighted by Crippen LogP contribution is -2.48. The van der Waals surface area contributed by atoms with E-state index in [0.717, 1.165) is 18.4 Å². The fourth-order valence-electron chi connectivity index (χ4n) is 3.01. The molecule has 1 fully saturated rings. The second-order valence-electron chi connectivity index (χ2n) is 6.58. The molecule has 1 saturated carbocycles. The van der Waals surface area contributed by atoms with Crippen LogP contribution in [-0.4, -0.2) is 49.9 Å². The highest BCUT2D eigenvalue weighted by molar-refractivity contribution is 5.73. The van der Waals surface area contributed by atoms with Crippen molar-refractivity contribution in [3.63, 3.8) is 0 Å². The van der Waals surface area contributed by atoms with Gasteiger partial charge in [-0.1, -0.05) is 36.8 Å².